The van der Waals surface area contributed by atoms with E-state index in [-0.39, 0.29) is 16.4 Å². The number of nitrogens with zero attached hydrogens (tertiary/aromatic N) is 2. The maximum atomic E-state index is 12.4. The second kappa shape index (κ2) is 6.35. The summed E-state index contributed by atoms with van der Waals surface area (Å²) >= 11 is 1.53. The quantitative estimate of drug-likeness (QED) is 0.766. The van der Waals surface area contributed by atoms with Crippen molar-refractivity contribution >= 4 is 17.5 Å². The molecule has 8 heteroatoms. The lowest BCUT2D eigenvalue weighted by Gasteiger charge is -2.16. The predicted molar refractivity (Wildman–Crippen MR) is 81.3 cm³/mol. The van der Waals surface area contributed by atoms with Gasteiger partial charge in [0.2, 0.25) is 5.82 Å². The number of rotatable bonds is 4. The van der Waals surface area contributed by atoms with Crippen LogP contribution in [-0.4, -0.2) is 26.4 Å². The van der Waals surface area contributed by atoms with Gasteiger partial charge in [0.05, 0.1) is 5.75 Å². The topological polar surface area (TPSA) is 56.0 Å². The maximum Gasteiger partial charge on any atom is 0.471 e. The summed E-state index contributed by atoms with van der Waals surface area (Å²) in [6, 6.07) is 6.09. The van der Waals surface area contributed by atoms with Crippen LogP contribution in [0.25, 0.3) is 11.4 Å². The third kappa shape index (κ3) is 4.82. The molecule has 1 heterocycles. The number of aromatic nitrogens is 2. The molecule has 0 radical (unpaired) electrons. The lowest BCUT2D eigenvalue weighted by Crippen LogP contribution is -2.13. The number of ketones is 1. The molecule has 2 rings (SSSR count). The van der Waals surface area contributed by atoms with Gasteiger partial charge in [-0.3, -0.25) is 4.79 Å². The molecule has 0 aliphatic heterocycles. The van der Waals surface area contributed by atoms with Crippen molar-refractivity contribution in [2.45, 2.75) is 31.7 Å². The van der Waals surface area contributed by atoms with Gasteiger partial charge < -0.3 is 4.52 Å². The van der Waals surface area contributed by atoms with Crippen LogP contribution in [0.15, 0.2) is 28.8 Å². The third-order valence-corrected chi connectivity index (χ3v) is 4.04. The van der Waals surface area contributed by atoms with Crippen molar-refractivity contribution in [3.63, 3.8) is 0 Å². The zero-order chi connectivity index (χ0) is 17.3. The van der Waals surface area contributed by atoms with Crippen LogP contribution in [0.3, 0.4) is 0 Å². The second-order valence-electron chi connectivity index (χ2n) is 5.82. The van der Waals surface area contributed by atoms with Crippen LogP contribution in [-0.2, 0) is 6.18 Å². The SMILES string of the molecule is CC(C)(C)SCC(=O)c1ccc(-c2noc(C(F)(F)F)n2)cc1. The van der Waals surface area contributed by atoms with E-state index in [0.29, 0.717) is 16.9 Å². The van der Waals surface area contributed by atoms with E-state index in [9.17, 15) is 18.0 Å². The summed E-state index contributed by atoms with van der Waals surface area (Å²) in [6.45, 7) is 6.05. The van der Waals surface area contributed by atoms with Gasteiger partial charge in [-0.15, -0.1) is 11.8 Å². The summed E-state index contributed by atoms with van der Waals surface area (Å²) < 4.78 is 41.4. The Hall–Kier alpha value is -1.83. The molecule has 0 N–H and O–H groups in total. The first-order valence-electron chi connectivity index (χ1n) is 6.75. The molecule has 1 aromatic heterocycles. The first-order valence-corrected chi connectivity index (χ1v) is 7.73. The molecule has 0 saturated heterocycles. The molecular formula is C15H15F3N2O2S. The van der Waals surface area contributed by atoms with Gasteiger partial charge in [-0.1, -0.05) is 50.2 Å². The molecule has 0 amide bonds. The molecule has 2 aromatic rings. The molecule has 23 heavy (non-hydrogen) atoms. The van der Waals surface area contributed by atoms with E-state index in [2.05, 4.69) is 14.7 Å². The largest absolute Gasteiger partial charge is 0.471 e. The van der Waals surface area contributed by atoms with E-state index in [1.165, 1.54) is 23.9 Å². The van der Waals surface area contributed by atoms with E-state index in [4.69, 9.17) is 0 Å². The molecule has 0 spiro atoms. The minimum atomic E-state index is -4.68. The van der Waals surface area contributed by atoms with E-state index >= 15 is 0 Å². The molecule has 0 atom stereocenters. The highest BCUT2D eigenvalue weighted by Gasteiger charge is 2.38. The second-order valence-corrected chi connectivity index (χ2v) is 7.62. The highest BCUT2D eigenvalue weighted by Crippen LogP contribution is 2.29. The number of halogens is 3. The standard InChI is InChI=1S/C15H15F3N2O2S/c1-14(2,3)23-8-11(21)9-4-6-10(7-5-9)12-19-13(22-20-12)15(16,17)18/h4-7H,8H2,1-3H3. The number of alkyl halides is 3. The number of hydrogen-bond acceptors (Lipinski definition) is 5. The Labute approximate surface area is 135 Å². The first-order chi connectivity index (χ1) is 10.6. The van der Waals surface area contributed by atoms with Crippen molar-refractivity contribution in [1.29, 1.82) is 0 Å². The van der Waals surface area contributed by atoms with Gasteiger partial charge in [-0.05, 0) is 0 Å². The fourth-order valence-electron chi connectivity index (χ4n) is 1.63. The molecule has 1 aromatic carbocycles. The van der Waals surface area contributed by atoms with Crippen LogP contribution in [0.2, 0.25) is 0 Å². The van der Waals surface area contributed by atoms with Crippen LogP contribution in [0.4, 0.5) is 13.2 Å². The van der Waals surface area contributed by atoms with Crippen molar-refractivity contribution in [2.24, 2.45) is 0 Å². The van der Waals surface area contributed by atoms with Gasteiger partial charge in [0.1, 0.15) is 0 Å². The Kier molecular flexibility index (Phi) is 4.84. The molecule has 0 unspecified atom stereocenters. The van der Waals surface area contributed by atoms with Crippen LogP contribution in [0.1, 0.15) is 37.0 Å². The summed E-state index contributed by atoms with van der Waals surface area (Å²) in [7, 11) is 0. The predicted octanol–water partition coefficient (Wildman–Crippen LogP) is 4.47. The number of Topliss-reactive ketones (excluding diaryl/α,β-unsaturated/α-hetero) is 1. The fourth-order valence-corrected chi connectivity index (χ4v) is 2.36. The Morgan fingerprint density at radius 1 is 1.17 bits per heavy atom. The average molecular weight is 344 g/mol. The Bertz CT molecular complexity index is 688. The highest BCUT2D eigenvalue weighted by molar-refractivity contribution is 8.01. The van der Waals surface area contributed by atoms with E-state index in [0.717, 1.165) is 0 Å². The molecular weight excluding hydrogens is 329 g/mol. The zero-order valence-electron chi connectivity index (χ0n) is 12.8. The van der Waals surface area contributed by atoms with Crippen molar-refractivity contribution in [3.05, 3.63) is 35.7 Å². The minimum absolute atomic E-state index is 0.0196. The number of carbonyl (C=O) groups excluding carboxylic acids is 1. The molecule has 0 saturated carbocycles. The highest BCUT2D eigenvalue weighted by atomic mass is 32.2. The lowest BCUT2D eigenvalue weighted by atomic mass is 10.1. The molecule has 4 nitrogen and oxygen atoms in total. The van der Waals surface area contributed by atoms with Crippen molar-refractivity contribution < 1.29 is 22.5 Å². The zero-order valence-corrected chi connectivity index (χ0v) is 13.6. The normalized spacial score (nSPS) is 12.4. The Morgan fingerprint density at radius 2 is 1.78 bits per heavy atom. The molecule has 124 valence electrons. The van der Waals surface area contributed by atoms with Crippen molar-refractivity contribution in [3.8, 4) is 11.4 Å². The third-order valence-electron chi connectivity index (χ3n) is 2.77. The minimum Gasteiger partial charge on any atom is -0.329 e. The molecule has 0 aliphatic rings. The van der Waals surface area contributed by atoms with Crippen LogP contribution < -0.4 is 0 Å². The number of thioether (sulfide) groups is 1. The molecule has 0 bridgehead atoms. The van der Waals surface area contributed by atoms with Gasteiger partial charge in [0.15, 0.2) is 5.78 Å². The van der Waals surface area contributed by atoms with Crippen LogP contribution in [0.5, 0.6) is 0 Å². The fraction of sp³-hybridized carbons (Fsp3) is 0.400. The number of benzene rings is 1. The first kappa shape index (κ1) is 17.5. The molecule has 0 fully saturated rings. The maximum absolute atomic E-state index is 12.4. The van der Waals surface area contributed by atoms with E-state index in [1.807, 2.05) is 20.8 Å². The summed E-state index contributed by atoms with van der Waals surface area (Å²) in [5.41, 5.74) is 0.842. The van der Waals surface area contributed by atoms with E-state index < -0.39 is 12.1 Å². The van der Waals surface area contributed by atoms with Crippen LogP contribution >= 0.6 is 11.8 Å². The number of carbonyl (C=O) groups is 1. The van der Waals surface area contributed by atoms with Gasteiger partial charge in [-0.2, -0.15) is 18.2 Å². The van der Waals surface area contributed by atoms with Crippen LogP contribution in [0, 0.1) is 0 Å². The Morgan fingerprint density at radius 3 is 2.26 bits per heavy atom. The average Bonchev–Trinajstić information content (AvgIpc) is 2.94. The monoisotopic (exact) mass is 344 g/mol. The van der Waals surface area contributed by atoms with Crippen molar-refractivity contribution in [1.82, 2.24) is 10.1 Å². The number of hydrogen-bond donors (Lipinski definition) is 0. The van der Waals surface area contributed by atoms with Gasteiger partial charge in [0.25, 0.3) is 0 Å². The van der Waals surface area contributed by atoms with Gasteiger partial charge >= 0.3 is 12.1 Å². The lowest BCUT2D eigenvalue weighted by molar-refractivity contribution is -0.159. The van der Waals surface area contributed by atoms with Gasteiger partial charge in [0, 0.05) is 15.9 Å². The van der Waals surface area contributed by atoms with Gasteiger partial charge in [-0.25, -0.2) is 0 Å². The Balaban J connectivity index is 2.10. The van der Waals surface area contributed by atoms with Crippen molar-refractivity contribution in [2.75, 3.05) is 5.75 Å². The van der Waals surface area contributed by atoms with E-state index in [1.54, 1.807) is 12.1 Å². The summed E-state index contributed by atoms with van der Waals surface area (Å²) in [6.07, 6.45) is -4.68. The smallest absolute Gasteiger partial charge is 0.329 e. The molecule has 0 aliphatic carbocycles. The summed E-state index contributed by atoms with van der Waals surface area (Å²) in [4.78, 5) is 15.4. The summed E-state index contributed by atoms with van der Waals surface area (Å²) in [5.74, 6) is -1.27. The summed E-state index contributed by atoms with van der Waals surface area (Å²) in [5, 5.41) is 3.30.